The SMILES string of the molecule is O=C(CC1CCCCC1)Nc1cncc(-c2cc3c(-c4nc5c(-c6cccc(F)c6)cccc5[nH]4)n[nH]c3cn2)c1. The van der Waals surface area contributed by atoms with Gasteiger partial charge in [0.25, 0.3) is 0 Å². The van der Waals surface area contributed by atoms with Crippen molar-refractivity contribution in [2.75, 3.05) is 5.32 Å². The average molecular weight is 546 g/mol. The van der Waals surface area contributed by atoms with Gasteiger partial charge in [-0.3, -0.25) is 19.9 Å². The van der Waals surface area contributed by atoms with Crippen LogP contribution in [0.15, 0.2) is 73.2 Å². The van der Waals surface area contributed by atoms with Gasteiger partial charge in [0.15, 0.2) is 5.82 Å². The fourth-order valence-corrected chi connectivity index (χ4v) is 5.80. The highest BCUT2D eigenvalue weighted by Gasteiger charge is 2.19. The van der Waals surface area contributed by atoms with Gasteiger partial charge in [0.1, 0.15) is 11.5 Å². The molecule has 8 nitrogen and oxygen atoms in total. The number of nitrogens with zero attached hydrogens (tertiary/aromatic N) is 4. The first-order valence-electron chi connectivity index (χ1n) is 14.0. The number of rotatable bonds is 6. The third-order valence-corrected chi connectivity index (χ3v) is 7.84. The van der Waals surface area contributed by atoms with Crippen LogP contribution in [-0.4, -0.2) is 36.0 Å². The Morgan fingerprint density at radius 1 is 0.951 bits per heavy atom. The van der Waals surface area contributed by atoms with Gasteiger partial charge in [0.2, 0.25) is 5.91 Å². The topological polar surface area (TPSA) is 112 Å². The minimum Gasteiger partial charge on any atom is -0.337 e. The molecule has 0 unspecified atom stereocenters. The Labute approximate surface area is 235 Å². The maximum absolute atomic E-state index is 13.9. The molecule has 1 fully saturated rings. The molecule has 6 aromatic rings. The Morgan fingerprint density at radius 2 is 1.83 bits per heavy atom. The van der Waals surface area contributed by atoms with Crippen LogP contribution in [0, 0.1) is 11.7 Å². The number of hydrogen-bond acceptors (Lipinski definition) is 5. The number of carbonyl (C=O) groups is 1. The van der Waals surface area contributed by atoms with Crippen LogP contribution in [0.1, 0.15) is 38.5 Å². The predicted molar refractivity (Wildman–Crippen MR) is 157 cm³/mol. The fourth-order valence-electron chi connectivity index (χ4n) is 5.80. The summed E-state index contributed by atoms with van der Waals surface area (Å²) in [6, 6.07) is 16.1. The normalized spacial score (nSPS) is 14.1. The highest BCUT2D eigenvalue weighted by atomic mass is 19.1. The molecule has 9 heteroatoms. The minimum absolute atomic E-state index is 0.0267. The highest BCUT2D eigenvalue weighted by Crippen LogP contribution is 2.33. The van der Waals surface area contributed by atoms with Gasteiger partial charge in [-0.25, -0.2) is 9.37 Å². The third-order valence-electron chi connectivity index (χ3n) is 7.84. The van der Waals surface area contributed by atoms with E-state index in [9.17, 15) is 9.18 Å². The first kappa shape index (κ1) is 25.1. The number of nitrogens with one attached hydrogen (secondary N) is 3. The zero-order chi connectivity index (χ0) is 27.8. The summed E-state index contributed by atoms with van der Waals surface area (Å²) in [7, 11) is 0. The quantitative estimate of drug-likeness (QED) is 0.204. The summed E-state index contributed by atoms with van der Waals surface area (Å²) in [5, 5.41) is 11.4. The van der Waals surface area contributed by atoms with Gasteiger partial charge in [-0.05, 0) is 54.7 Å². The monoisotopic (exact) mass is 545 g/mol. The van der Waals surface area contributed by atoms with Crippen LogP contribution >= 0.6 is 0 Å². The van der Waals surface area contributed by atoms with Crippen LogP contribution in [0.4, 0.5) is 10.1 Å². The lowest BCUT2D eigenvalue weighted by Gasteiger charge is -2.20. The van der Waals surface area contributed by atoms with Crippen molar-refractivity contribution in [3.8, 4) is 33.9 Å². The Hall–Kier alpha value is -4.92. The zero-order valence-electron chi connectivity index (χ0n) is 22.3. The molecule has 204 valence electrons. The summed E-state index contributed by atoms with van der Waals surface area (Å²) in [5.41, 5.74) is 6.70. The van der Waals surface area contributed by atoms with Crippen LogP contribution < -0.4 is 5.32 Å². The van der Waals surface area contributed by atoms with Crippen LogP contribution in [0.2, 0.25) is 0 Å². The van der Waals surface area contributed by atoms with E-state index >= 15 is 0 Å². The van der Waals surface area contributed by atoms with E-state index in [-0.39, 0.29) is 11.7 Å². The van der Waals surface area contributed by atoms with Gasteiger partial charge in [-0.1, -0.05) is 43.5 Å². The average Bonchev–Trinajstić information content (AvgIpc) is 3.61. The lowest BCUT2D eigenvalue weighted by atomic mass is 9.87. The van der Waals surface area contributed by atoms with E-state index in [2.05, 4.69) is 30.5 Å². The number of aromatic amines is 2. The largest absolute Gasteiger partial charge is 0.337 e. The van der Waals surface area contributed by atoms with Crippen molar-refractivity contribution in [3.63, 3.8) is 0 Å². The number of anilines is 1. The molecule has 2 aromatic carbocycles. The van der Waals surface area contributed by atoms with Crippen molar-refractivity contribution in [1.29, 1.82) is 0 Å². The number of aromatic nitrogens is 6. The van der Waals surface area contributed by atoms with Gasteiger partial charge >= 0.3 is 0 Å². The van der Waals surface area contributed by atoms with E-state index < -0.39 is 0 Å². The number of carbonyl (C=O) groups excluding carboxylic acids is 1. The molecule has 0 bridgehead atoms. The van der Waals surface area contributed by atoms with E-state index in [1.54, 1.807) is 24.7 Å². The van der Waals surface area contributed by atoms with E-state index in [1.807, 2.05) is 36.4 Å². The van der Waals surface area contributed by atoms with Crippen LogP contribution in [0.5, 0.6) is 0 Å². The van der Waals surface area contributed by atoms with E-state index in [4.69, 9.17) is 4.98 Å². The minimum atomic E-state index is -0.295. The second-order valence-corrected chi connectivity index (χ2v) is 10.7. The van der Waals surface area contributed by atoms with Gasteiger partial charge < -0.3 is 10.3 Å². The predicted octanol–water partition coefficient (Wildman–Crippen LogP) is 7.28. The molecule has 0 saturated heterocycles. The molecule has 1 saturated carbocycles. The van der Waals surface area contributed by atoms with E-state index in [0.717, 1.165) is 51.5 Å². The number of pyridine rings is 2. The maximum atomic E-state index is 13.9. The molecular weight excluding hydrogens is 517 g/mol. The number of para-hydroxylation sites is 1. The van der Waals surface area contributed by atoms with Gasteiger partial charge in [0.05, 0.1) is 40.3 Å². The zero-order valence-corrected chi connectivity index (χ0v) is 22.3. The lowest BCUT2D eigenvalue weighted by Crippen LogP contribution is -2.18. The third kappa shape index (κ3) is 5.06. The van der Waals surface area contributed by atoms with E-state index in [0.29, 0.717) is 35.2 Å². The summed E-state index contributed by atoms with van der Waals surface area (Å²) in [6.07, 6.45) is 11.6. The van der Waals surface area contributed by atoms with Crippen LogP contribution in [0.3, 0.4) is 0 Å². The lowest BCUT2D eigenvalue weighted by molar-refractivity contribution is -0.117. The molecular formula is C32H28FN7O. The molecule has 0 spiro atoms. The second-order valence-electron chi connectivity index (χ2n) is 10.7. The Balaban J connectivity index is 1.19. The summed E-state index contributed by atoms with van der Waals surface area (Å²) in [5.74, 6) is 0.788. The first-order valence-corrected chi connectivity index (χ1v) is 14.0. The standard InChI is InChI=1S/C32H28FN7O/c33-22-9-4-8-20(13-22)24-10-5-11-26-30(24)38-32(37-26)31-25-15-27(35-18-28(25)39-40-31)21-14-23(17-34-16-21)36-29(41)12-19-6-2-1-3-7-19/h4-5,8-11,13-19H,1-3,6-7,12H2,(H,36,41)(H,37,38)(H,39,40). The fraction of sp³-hybridized carbons (Fsp3) is 0.219. The van der Waals surface area contributed by atoms with Crippen LogP contribution in [-0.2, 0) is 4.79 Å². The van der Waals surface area contributed by atoms with Crippen molar-refractivity contribution in [3.05, 3.63) is 79.0 Å². The molecule has 0 atom stereocenters. The number of fused-ring (bicyclic) bond motifs is 2. The summed E-state index contributed by atoms with van der Waals surface area (Å²) in [4.78, 5) is 29.9. The highest BCUT2D eigenvalue weighted by molar-refractivity contribution is 5.98. The molecule has 0 aliphatic heterocycles. The van der Waals surface area contributed by atoms with Gasteiger partial charge in [0, 0.05) is 29.1 Å². The molecule has 3 N–H and O–H groups in total. The number of benzene rings is 2. The van der Waals surface area contributed by atoms with Gasteiger partial charge in [-0.15, -0.1) is 0 Å². The summed E-state index contributed by atoms with van der Waals surface area (Å²) in [6.45, 7) is 0. The Morgan fingerprint density at radius 3 is 2.71 bits per heavy atom. The second kappa shape index (κ2) is 10.6. The van der Waals surface area contributed by atoms with Crippen molar-refractivity contribution >= 4 is 33.5 Å². The van der Waals surface area contributed by atoms with Crippen molar-refractivity contribution < 1.29 is 9.18 Å². The first-order chi connectivity index (χ1) is 20.1. The number of hydrogen-bond donors (Lipinski definition) is 3. The Kier molecular flexibility index (Phi) is 6.47. The summed E-state index contributed by atoms with van der Waals surface area (Å²) >= 11 is 0. The molecule has 1 aliphatic carbocycles. The molecule has 41 heavy (non-hydrogen) atoms. The molecule has 4 heterocycles. The van der Waals surface area contributed by atoms with Crippen molar-refractivity contribution in [2.45, 2.75) is 38.5 Å². The number of imidazole rings is 1. The smallest absolute Gasteiger partial charge is 0.224 e. The maximum Gasteiger partial charge on any atom is 0.224 e. The van der Waals surface area contributed by atoms with Crippen molar-refractivity contribution in [2.24, 2.45) is 5.92 Å². The molecule has 4 aromatic heterocycles. The molecule has 1 amide bonds. The van der Waals surface area contributed by atoms with Gasteiger partial charge in [-0.2, -0.15) is 5.10 Å². The Bertz CT molecular complexity index is 1890. The molecule has 0 radical (unpaired) electrons. The number of amides is 1. The van der Waals surface area contributed by atoms with E-state index in [1.165, 1.54) is 31.4 Å². The number of halogens is 1. The molecule has 7 rings (SSSR count). The number of H-pyrrole nitrogens is 2. The van der Waals surface area contributed by atoms with Crippen molar-refractivity contribution in [1.82, 2.24) is 30.1 Å². The van der Waals surface area contributed by atoms with Crippen LogP contribution in [0.25, 0.3) is 55.8 Å². The summed E-state index contributed by atoms with van der Waals surface area (Å²) < 4.78 is 13.9. The molecule has 1 aliphatic rings.